The number of imide groups is 1. The van der Waals surface area contributed by atoms with Gasteiger partial charge in [0.25, 0.3) is 5.91 Å². The van der Waals surface area contributed by atoms with Crippen LogP contribution in [0.25, 0.3) is 0 Å². The number of fused-ring (bicyclic) bond motifs is 1. The van der Waals surface area contributed by atoms with Crippen molar-refractivity contribution >= 4 is 23.2 Å². The lowest BCUT2D eigenvalue weighted by Gasteiger charge is -2.29. The third-order valence-corrected chi connectivity index (χ3v) is 6.16. The molecule has 3 atom stereocenters. The fraction of sp³-hybridized carbons (Fsp3) is 0.231. The van der Waals surface area contributed by atoms with E-state index in [1.54, 1.807) is 12.2 Å². The van der Waals surface area contributed by atoms with E-state index in [-0.39, 0.29) is 11.8 Å². The molecule has 162 valence electrons. The molecule has 6 nitrogen and oxygen atoms in total. The monoisotopic (exact) mass is 428 g/mol. The molecule has 2 aliphatic heterocycles. The molecule has 3 aromatic rings. The highest BCUT2D eigenvalue weighted by molar-refractivity contribution is 6.23. The fourth-order valence-electron chi connectivity index (χ4n) is 4.51. The van der Waals surface area contributed by atoms with Gasteiger partial charge in [0, 0.05) is 0 Å². The molecule has 2 aliphatic rings. The SMILES string of the molecule is CCc1ccc(N2C(=O)[C@H]3[C@H](ON(c4ccccc4)[C@H]3c3cccc(OC)c3)C2=O)cc1. The minimum Gasteiger partial charge on any atom is -0.497 e. The van der Waals surface area contributed by atoms with Crippen LogP contribution < -0.4 is 14.7 Å². The van der Waals surface area contributed by atoms with Crippen molar-refractivity contribution in [3.05, 3.63) is 90.0 Å². The molecule has 0 radical (unpaired) electrons. The molecule has 0 N–H and O–H groups in total. The van der Waals surface area contributed by atoms with Crippen molar-refractivity contribution in [3.63, 3.8) is 0 Å². The Labute approximate surface area is 186 Å². The number of anilines is 2. The van der Waals surface area contributed by atoms with Gasteiger partial charge in [0.2, 0.25) is 5.91 Å². The van der Waals surface area contributed by atoms with Gasteiger partial charge in [0.15, 0.2) is 6.10 Å². The van der Waals surface area contributed by atoms with Gasteiger partial charge in [-0.25, -0.2) is 9.96 Å². The number of carbonyl (C=O) groups excluding carboxylic acids is 2. The van der Waals surface area contributed by atoms with Gasteiger partial charge in [-0.3, -0.25) is 14.4 Å². The zero-order valence-electron chi connectivity index (χ0n) is 18.0. The average Bonchev–Trinajstić information content (AvgIpc) is 3.36. The maximum Gasteiger partial charge on any atom is 0.266 e. The summed E-state index contributed by atoms with van der Waals surface area (Å²) in [6.07, 6.45) is 0.00489. The Bertz CT molecular complexity index is 1150. The van der Waals surface area contributed by atoms with Crippen LogP contribution in [-0.4, -0.2) is 25.0 Å². The number of rotatable bonds is 5. The summed E-state index contributed by atoms with van der Waals surface area (Å²) in [5.74, 6) is -0.575. The smallest absolute Gasteiger partial charge is 0.266 e. The van der Waals surface area contributed by atoms with Crippen molar-refractivity contribution in [2.45, 2.75) is 25.5 Å². The first-order chi connectivity index (χ1) is 15.6. The molecule has 0 spiro atoms. The molecule has 0 bridgehead atoms. The van der Waals surface area contributed by atoms with Gasteiger partial charge in [-0.1, -0.05) is 49.4 Å². The van der Waals surface area contributed by atoms with Crippen molar-refractivity contribution in [3.8, 4) is 5.75 Å². The Hall–Kier alpha value is -3.64. The molecule has 32 heavy (non-hydrogen) atoms. The van der Waals surface area contributed by atoms with Crippen molar-refractivity contribution < 1.29 is 19.2 Å². The van der Waals surface area contributed by atoms with E-state index in [1.807, 2.05) is 78.9 Å². The lowest BCUT2D eigenvalue weighted by Crippen LogP contribution is -2.37. The second kappa shape index (κ2) is 8.13. The Morgan fingerprint density at radius 1 is 0.875 bits per heavy atom. The largest absolute Gasteiger partial charge is 0.497 e. The Morgan fingerprint density at radius 3 is 2.31 bits per heavy atom. The van der Waals surface area contributed by atoms with Crippen LogP contribution in [0.2, 0.25) is 0 Å². The minimum atomic E-state index is -0.884. The highest BCUT2D eigenvalue weighted by Gasteiger charge is 2.60. The van der Waals surface area contributed by atoms with Crippen LogP contribution in [-0.2, 0) is 20.8 Å². The van der Waals surface area contributed by atoms with Crippen LogP contribution in [0.4, 0.5) is 11.4 Å². The van der Waals surface area contributed by atoms with Gasteiger partial charge < -0.3 is 4.74 Å². The van der Waals surface area contributed by atoms with E-state index in [0.29, 0.717) is 11.4 Å². The number of carbonyl (C=O) groups is 2. The third-order valence-electron chi connectivity index (χ3n) is 6.16. The molecule has 5 rings (SSSR count). The van der Waals surface area contributed by atoms with Crippen LogP contribution in [0.3, 0.4) is 0 Å². The van der Waals surface area contributed by atoms with E-state index < -0.39 is 18.1 Å². The molecule has 0 saturated carbocycles. The quantitative estimate of drug-likeness (QED) is 0.567. The first-order valence-corrected chi connectivity index (χ1v) is 10.7. The number of hydrogen-bond donors (Lipinski definition) is 0. The van der Waals surface area contributed by atoms with Gasteiger partial charge in [-0.05, 0) is 53.9 Å². The zero-order valence-corrected chi connectivity index (χ0v) is 18.0. The summed E-state index contributed by atoms with van der Waals surface area (Å²) in [7, 11) is 1.61. The summed E-state index contributed by atoms with van der Waals surface area (Å²) in [5.41, 5.74) is 3.36. The molecule has 2 amide bonds. The predicted octanol–water partition coefficient (Wildman–Crippen LogP) is 4.31. The normalized spacial score (nSPS) is 22.4. The number of para-hydroxylation sites is 1. The second-order valence-corrected chi connectivity index (χ2v) is 7.97. The third kappa shape index (κ3) is 3.24. The Morgan fingerprint density at radius 2 is 1.62 bits per heavy atom. The molecule has 6 heteroatoms. The molecule has 0 aliphatic carbocycles. The molecular formula is C26H24N2O4. The molecule has 2 saturated heterocycles. The summed E-state index contributed by atoms with van der Waals surface area (Å²) >= 11 is 0. The zero-order chi connectivity index (χ0) is 22.2. The molecule has 3 aromatic carbocycles. The highest BCUT2D eigenvalue weighted by Crippen LogP contribution is 2.47. The summed E-state index contributed by atoms with van der Waals surface area (Å²) in [5, 5.41) is 1.69. The first-order valence-electron chi connectivity index (χ1n) is 10.7. The number of ether oxygens (including phenoxy) is 1. The van der Waals surface area contributed by atoms with Crippen molar-refractivity contribution in [1.82, 2.24) is 0 Å². The van der Waals surface area contributed by atoms with E-state index in [0.717, 1.165) is 23.2 Å². The standard InChI is InChI=1S/C26H24N2O4/c1-3-17-12-14-19(15-13-17)27-25(29)22-23(18-8-7-11-21(16-18)31-2)28(32-24(22)26(27)30)20-9-5-4-6-10-20/h4-16,22-24H,3H2,1-2H3/t22-,23+,24+/m1/s1. The Kier molecular flexibility index (Phi) is 5.15. The summed E-state index contributed by atoms with van der Waals surface area (Å²) in [4.78, 5) is 34.4. The Balaban J connectivity index is 1.57. The number of methoxy groups -OCH3 is 1. The topological polar surface area (TPSA) is 59.1 Å². The van der Waals surface area contributed by atoms with E-state index in [4.69, 9.17) is 9.57 Å². The maximum atomic E-state index is 13.6. The second-order valence-electron chi connectivity index (χ2n) is 7.97. The number of aryl methyl sites for hydroxylation is 1. The van der Waals surface area contributed by atoms with Crippen molar-refractivity contribution in [1.29, 1.82) is 0 Å². The lowest BCUT2D eigenvalue weighted by atomic mass is 9.90. The molecule has 0 unspecified atom stereocenters. The number of amides is 2. The van der Waals surface area contributed by atoms with Crippen molar-refractivity contribution in [2.75, 3.05) is 17.1 Å². The maximum absolute atomic E-state index is 13.6. The van der Waals surface area contributed by atoms with Crippen LogP contribution in [0, 0.1) is 5.92 Å². The summed E-state index contributed by atoms with van der Waals surface area (Å²) < 4.78 is 5.41. The van der Waals surface area contributed by atoms with E-state index in [2.05, 4.69) is 6.92 Å². The summed E-state index contributed by atoms with van der Waals surface area (Å²) in [6.45, 7) is 2.07. The number of benzene rings is 3. The molecule has 0 aromatic heterocycles. The van der Waals surface area contributed by atoms with E-state index in [1.165, 1.54) is 4.90 Å². The lowest BCUT2D eigenvalue weighted by molar-refractivity contribution is -0.126. The fourth-order valence-corrected chi connectivity index (χ4v) is 4.51. The van der Waals surface area contributed by atoms with E-state index >= 15 is 0 Å². The number of hydroxylamine groups is 1. The van der Waals surface area contributed by atoms with Gasteiger partial charge in [0.05, 0.1) is 24.5 Å². The van der Waals surface area contributed by atoms with Gasteiger partial charge in [-0.15, -0.1) is 0 Å². The van der Waals surface area contributed by atoms with Crippen LogP contribution >= 0.6 is 0 Å². The minimum absolute atomic E-state index is 0.254. The summed E-state index contributed by atoms with van der Waals surface area (Å²) in [6, 6.07) is 24.2. The number of hydrogen-bond acceptors (Lipinski definition) is 5. The van der Waals surface area contributed by atoms with Crippen LogP contribution in [0.5, 0.6) is 5.75 Å². The van der Waals surface area contributed by atoms with Gasteiger partial charge in [0.1, 0.15) is 11.7 Å². The molecular weight excluding hydrogens is 404 g/mol. The van der Waals surface area contributed by atoms with E-state index in [9.17, 15) is 9.59 Å². The molecule has 2 heterocycles. The molecule has 2 fully saturated rings. The van der Waals surface area contributed by atoms with Gasteiger partial charge in [-0.2, -0.15) is 0 Å². The highest BCUT2D eigenvalue weighted by atomic mass is 16.7. The first kappa shape index (κ1) is 20.3. The number of nitrogens with zero attached hydrogens (tertiary/aromatic N) is 2. The van der Waals surface area contributed by atoms with Crippen LogP contribution in [0.1, 0.15) is 24.1 Å². The van der Waals surface area contributed by atoms with Crippen molar-refractivity contribution in [2.24, 2.45) is 5.92 Å². The average molecular weight is 428 g/mol. The van der Waals surface area contributed by atoms with Crippen LogP contribution in [0.15, 0.2) is 78.9 Å². The predicted molar refractivity (Wildman–Crippen MR) is 121 cm³/mol. The van der Waals surface area contributed by atoms with Gasteiger partial charge >= 0.3 is 0 Å².